The number of hydrogen-bond donors (Lipinski definition) is 0. The fourth-order valence-electron chi connectivity index (χ4n) is 1.41. The van der Waals surface area contributed by atoms with E-state index >= 15 is 0 Å². The Kier molecular flexibility index (Phi) is 7.49. The molecule has 4 nitrogen and oxygen atoms in total. The Morgan fingerprint density at radius 2 is 1.12 bits per heavy atom. The summed E-state index contributed by atoms with van der Waals surface area (Å²) in [5, 5.41) is 0. The molecule has 1 rings (SSSR count). The van der Waals surface area contributed by atoms with Gasteiger partial charge >= 0.3 is 20.1 Å². The summed E-state index contributed by atoms with van der Waals surface area (Å²) in [6.07, 6.45) is 0. The van der Waals surface area contributed by atoms with E-state index in [1.165, 1.54) is 27.8 Å². The average Bonchev–Trinajstić information content (AvgIpc) is 2.21. The van der Waals surface area contributed by atoms with Crippen molar-refractivity contribution in [1.29, 1.82) is 0 Å². The van der Waals surface area contributed by atoms with Crippen molar-refractivity contribution in [2.24, 2.45) is 0 Å². The third-order valence-corrected chi connectivity index (χ3v) is 2.81. The van der Waals surface area contributed by atoms with Gasteiger partial charge in [-0.05, 0) is 0 Å². The first kappa shape index (κ1) is 18.2. The molecule has 16 heavy (non-hydrogen) atoms. The minimum absolute atomic E-state index is 0. The van der Waals surface area contributed by atoms with Crippen LogP contribution in [0.15, 0.2) is 0 Å². The number of rotatable bonds is 0. The van der Waals surface area contributed by atoms with Crippen molar-refractivity contribution in [3.8, 4) is 0 Å². The fourth-order valence-corrected chi connectivity index (χ4v) is 1.41. The molecule has 0 radical (unpaired) electrons. The maximum absolute atomic E-state index is 8.52. The van der Waals surface area contributed by atoms with E-state index in [9.17, 15) is 0 Å². The van der Waals surface area contributed by atoms with Crippen molar-refractivity contribution >= 4 is 10.4 Å². The molecule has 0 bridgehead atoms. The van der Waals surface area contributed by atoms with E-state index < -0.39 is 10.4 Å². The smallest absolute Gasteiger partial charge is 0.759 e. The molecule has 0 aromatic heterocycles. The van der Waals surface area contributed by atoms with Gasteiger partial charge in [0.25, 0.3) is 0 Å². The van der Waals surface area contributed by atoms with Crippen LogP contribution in [0.3, 0.4) is 0 Å². The topological polar surface area (TPSA) is 80.3 Å². The van der Waals surface area contributed by atoms with Gasteiger partial charge in [-0.2, -0.15) is 27.8 Å². The van der Waals surface area contributed by atoms with Crippen molar-refractivity contribution in [1.82, 2.24) is 0 Å². The molecular formula is C10H15IrO4S. The first-order valence-electron chi connectivity index (χ1n) is 4.42. The zero-order valence-electron chi connectivity index (χ0n) is 9.87. The van der Waals surface area contributed by atoms with Crippen LogP contribution in [-0.2, 0) is 30.5 Å². The van der Waals surface area contributed by atoms with Gasteiger partial charge in [-0.15, -0.1) is 0 Å². The maximum atomic E-state index is 8.52. The maximum Gasteiger partial charge on any atom is 3.00 e. The van der Waals surface area contributed by atoms with E-state index in [0.717, 1.165) is 0 Å². The van der Waals surface area contributed by atoms with E-state index in [2.05, 4.69) is 34.6 Å². The molecule has 0 atom stereocenters. The van der Waals surface area contributed by atoms with E-state index in [4.69, 9.17) is 17.5 Å². The Morgan fingerprint density at radius 1 is 0.938 bits per heavy atom. The summed E-state index contributed by atoms with van der Waals surface area (Å²) in [6, 6.07) is 0. The third kappa shape index (κ3) is 5.82. The Hall–Kier alpha value is -0.131. The second kappa shape index (κ2) is 6.57. The molecule has 0 amide bonds. The molecule has 0 heterocycles. The summed E-state index contributed by atoms with van der Waals surface area (Å²) in [5.41, 5.74) is 7.34. The summed E-state index contributed by atoms with van der Waals surface area (Å²) in [6.45, 7) is 11.0. The van der Waals surface area contributed by atoms with Crippen LogP contribution in [0, 0.1) is 34.6 Å². The largest absolute Gasteiger partial charge is 3.00 e. The van der Waals surface area contributed by atoms with Crippen LogP contribution in [-0.4, -0.2) is 17.5 Å². The van der Waals surface area contributed by atoms with Gasteiger partial charge in [-0.1, -0.05) is 34.6 Å². The monoisotopic (exact) mass is 424 g/mol. The molecule has 1 aromatic carbocycles. The van der Waals surface area contributed by atoms with Gasteiger partial charge in [0.1, 0.15) is 0 Å². The van der Waals surface area contributed by atoms with Gasteiger partial charge in [0.15, 0.2) is 0 Å². The molecule has 0 aliphatic carbocycles. The Morgan fingerprint density at radius 3 is 1.19 bits per heavy atom. The van der Waals surface area contributed by atoms with Crippen LogP contribution in [0.4, 0.5) is 0 Å². The van der Waals surface area contributed by atoms with E-state index in [1.807, 2.05) is 0 Å². The van der Waals surface area contributed by atoms with E-state index in [0.29, 0.717) is 0 Å². The van der Waals surface area contributed by atoms with Crippen molar-refractivity contribution in [2.75, 3.05) is 0 Å². The molecule has 0 aliphatic rings. The van der Waals surface area contributed by atoms with Crippen LogP contribution in [0.5, 0.6) is 0 Å². The zero-order chi connectivity index (χ0) is 12.4. The van der Waals surface area contributed by atoms with Crippen molar-refractivity contribution in [2.45, 2.75) is 34.6 Å². The number of hydrogen-bond acceptors (Lipinski definition) is 4. The summed E-state index contributed by atoms with van der Waals surface area (Å²) in [7, 11) is -5.17. The summed E-state index contributed by atoms with van der Waals surface area (Å²) >= 11 is 0. The quantitative estimate of drug-likeness (QED) is 0.361. The normalized spacial score (nSPS) is 10.2. The van der Waals surface area contributed by atoms with Gasteiger partial charge in [0, 0.05) is 10.4 Å². The van der Waals surface area contributed by atoms with Gasteiger partial charge in [-0.3, -0.25) is 8.42 Å². The summed E-state index contributed by atoms with van der Waals surface area (Å²) in [5.74, 6) is 0. The average molecular weight is 424 g/mol. The van der Waals surface area contributed by atoms with Crippen molar-refractivity contribution in [3.05, 3.63) is 27.8 Å². The van der Waals surface area contributed by atoms with Gasteiger partial charge in [0.2, 0.25) is 0 Å². The molecule has 6 heteroatoms. The Bertz CT molecular complexity index is 358. The molecule has 0 saturated heterocycles. The molecule has 0 N–H and O–H groups in total. The molecule has 0 unspecified atom stereocenters. The Labute approximate surface area is 110 Å². The Balaban J connectivity index is 0. The zero-order valence-corrected chi connectivity index (χ0v) is 13.1. The second-order valence-corrected chi connectivity index (χ2v) is 4.35. The van der Waals surface area contributed by atoms with E-state index in [1.54, 1.807) is 0 Å². The minimum atomic E-state index is -5.17. The van der Waals surface area contributed by atoms with Crippen LogP contribution < -0.4 is 0 Å². The fraction of sp³-hybridized carbons (Fsp3) is 0.500. The van der Waals surface area contributed by atoms with E-state index in [-0.39, 0.29) is 20.1 Å². The summed E-state index contributed by atoms with van der Waals surface area (Å²) < 4.78 is 34.1. The SMILES string of the molecule is Cc1c(C)c(C)[c-](C)c1C.O=S(=O)([O-])[O-].[Ir+3]. The van der Waals surface area contributed by atoms with Crippen molar-refractivity contribution in [3.63, 3.8) is 0 Å². The van der Waals surface area contributed by atoms with Gasteiger partial charge in [-0.25, -0.2) is 0 Å². The minimum Gasteiger partial charge on any atom is -0.759 e. The summed E-state index contributed by atoms with van der Waals surface area (Å²) in [4.78, 5) is 0. The second-order valence-electron chi connectivity index (χ2n) is 3.53. The molecule has 94 valence electrons. The van der Waals surface area contributed by atoms with Crippen LogP contribution in [0.2, 0.25) is 0 Å². The molecule has 1 aromatic rings. The first-order valence-corrected chi connectivity index (χ1v) is 5.75. The van der Waals surface area contributed by atoms with Crippen LogP contribution >= 0.6 is 0 Å². The predicted molar refractivity (Wildman–Crippen MR) is 56.2 cm³/mol. The molecular weight excluding hydrogens is 408 g/mol. The van der Waals surface area contributed by atoms with Gasteiger partial charge in [0.05, 0.1) is 0 Å². The van der Waals surface area contributed by atoms with Crippen molar-refractivity contribution < 1.29 is 37.6 Å². The molecule has 0 spiro atoms. The van der Waals surface area contributed by atoms with Crippen LogP contribution in [0.1, 0.15) is 27.8 Å². The van der Waals surface area contributed by atoms with Crippen LogP contribution in [0.25, 0.3) is 0 Å². The van der Waals surface area contributed by atoms with Gasteiger partial charge < -0.3 is 9.11 Å². The molecule has 0 aliphatic heterocycles. The standard InChI is InChI=1S/C10H15.Ir.H2O4S/c1-6-7(2)9(4)10(5)8(6)3;;1-5(2,3)4/h1-5H3;;(H2,1,2,3,4)/q-1;+3;/p-2. The molecule has 0 fully saturated rings. The first-order chi connectivity index (χ1) is 6.55. The predicted octanol–water partition coefficient (Wildman–Crippen LogP) is 1.61. The third-order valence-electron chi connectivity index (χ3n) is 2.81. The molecule has 0 saturated carbocycles.